The van der Waals surface area contributed by atoms with E-state index in [2.05, 4.69) is 125 Å². The number of aromatic nitrogens is 3. The molecule has 3 aromatic heterocycles. The van der Waals surface area contributed by atoms with Crippen LogP contribution in [0.25, 0.3) is 81.0 Å². The highest BCUT2D eigenvalue weighted by Crippen LogP contribution is 2.41. The van der Waals surface area contributed by atoms with E-state index >= 15 is 0 Å². The first kappa shape index (κ1) is 23.4. The molecule has 0 N–H and O–H groups in total. The van der Waals surface area contributed by atoms with Crippen molar-refractivity contribution in [2.75, 3.05) is 0 Å². The maximum Gasteiger partial charge on any atom is 0.145 e. The van der Waals surface area contributed by atoms with Gasteiger partial charge < -0.3 is 0 Å². The van der Waals surface area contributed by atoms with Crippen molar-refractivity contribution in [1.82, 2.24) is 14.5 Å². The van der Waals surface area contributed by atoms with Crippen LogP contribution in [0.5, 0.6) is 0 Å². The summed E-state index contributed by atoms with van der Waals surface area (Å²) in [4.78, 5) is 9.60. The maximum atomic E-state index is 5.32. The third kappa shape index (κ3) is 3.39. The minimum absolute atomic E-state index is 0.910. The highest BCUT2D eigenvalue weighted by atomic mass is 32.1. The van der Waals surface area contributed by atoms with Gasteiger partial charge in [-0.15, -0.1) is 11.3 Å². The van der Waals surface area contributed by atoms with Gasteiger partial charge in [0.1, 0.15) is 5.82 Å². The Morgan fingerprint density at radius 3 is 1.93 bits per heavy atom. The molecule has 42 heavy (non-hydrogen) atoms. The van der Waals surface area contributed by atoms with Gasteiger partial charge in [-0.25, -0.2) is 4.98 Å². The summed E-state index contributed by atoms with van der Waals surface area (Å²) in [5, 5.41) is 7.44. The number of hydrogen-bond acceptors (Lipinski definition) is 3. The molecule has 0 unspecified atom stereocenters. The molecule has 0 fully saturated rings. The van der Waals surface area contributed by atoms with Crippen LogP contribution < -0.4 is 0 Å². The molecular formula is C38H23N3S. The van der Waals surface area contributed by atoms with E-state index in [1.807, 2.05) is 35.9 Å². The molecule has 0 radical (unpaired) electrons. The van der Waals surface area contributed by atoms with Crippen LogP contribution >= 0.6 is 11.3 Å². The van der Waals surface area contributed by atoms with Gasteiger partial charge >= 0.3 is 0 Å². The Kier molecular flexibility index (Phi) is 5.07. The molecule has 4 heteroatoms. The molecule has 0 saturated heterocycles. The average Bonchev–Trinajstić information content (AvgIpc) is 3.65. The number of fused-ring (bicyclic) bond motifs is 9. The fourth-order valence-electron chi connectivity index (χ4n) is 6.42. The van der Waals surface area contributed by atoms with Crippen LogP contribution in [0.2, 0.25) is 0 Å². The first-order valence-electron chi connectivity index (χ1n) is 14.1. The van der Waals surface area contributed by atoms with Crippen molar-refractivity contribution in [3.05, 3.63) is 140 Å². The van der Waals surface area contributed by atoms with Gasteiger partial charge in [0.2, 0.25) is 0 Å². The molecule has 196 valence electrons. The molecule has 3 nitrogen and oxygen atoms in total. The number of benzene rings is 6. The Bertz CT molecular complexity index is 2450. The summed E-state index contributed by atoms with van der Waals surface area (Å²) in [7, 11) is 0. The Labute approximate surface area is 246 Å². The largest absolute Gasteiger partial charge is 0.292 e. The predicted octanol–water partition coefficient (Wildman–Crippen LogP) is 10.4. The van der Waals surface area contributed by atoms with E-state index in [1.54, 1.807) is 0 Å². The Morgan fingerprint density at radius 2 is 1.14 bits per heavy atom. The third-order valence-corrected chi connectivity index (χ3v) is 9.53. The fraction of sp³-hybridized carbons (Fsp3) is 0. The van der Waals surface area contributed by atoms with Gasteiger partial charge in [-0.1, -0.05) is 97.1 Å². The van der Waals surface area contributed by atoms with E-state index < -0.39 is 0 Å². The molecule has 0 saturated carbocycles. The number of nitrogens with zero attached hydrogens (tertiary/aromatic N) is 3. The van der Waals surface area contributed by atoms with Crippen molar-refractivity contribution in [2.24, 2.45) is 0 Å². The van der Waals surface area contributed by atoms with Gasteiger partial charge in [0.15, 0.2) is 0 Å². The molecule has 9 aromatic rings. The minimum Gasteiger partial charge on any atom is -0.292 e. The predicted molar refractivity (Wildman–Crippen MR) is 178 cm³/mol. The zero-order chi connectivity index (χ0) is 27.6. The van der Waals surface area contributed by atoms with Crippen LogP contribution in [-0.4, -0.2) is 14.5 Å². The molecule has 3 heterocycles. The summed E-state index contributed by atoms with van der Waals surface area (Å²) < 4.78 is 4.97. The first-order chi connectivity index (χ1) is 20.8. The SMILES string of the molecule is c1ccc2c(c1)sc1c(-c3ccc(-n4c(-c5ccncc5)nc5c6ccccc6c6ccccc6c54)cc3)cccc12. The monoisotopic (exact) mass is 553 g/mol. The number of hydrogen-bond donors (Lipinski definition) is 0. The number of pyridine rings is 1. The maximum absolute atomic E-state index is 5.32. The molecule has 0 aliphatic heterocycles. The lowest BCUT2D eigenvalue weighted by molar-refractivity contribution is 1.10. The lowest BCUT2D eigenvalue weighted by Crippen LogP contribution is -1.98. The molecular weight excluding hydrogens is 531 g/mol. The lowest BCUT2D eigenvalue weighted by Gasteiger charge is -2.13. The van der Waals surface area contributed by atoms with Gasteiger partial charge in [-0.3, -0.25) is 9.55 Å². The molecule has 0 bridgehead atoms. The normalized spacial score (nSPS) is 11.8. The van der Waals surface area contributed by atoms with E-state index in [1.165, 1.54) is 47.5 Å². The summed E-state index contributed by atoms with van der Waals surface area (Å²) in [5.74, 6) is 0.910. The minimum atomic E-state index is 0.910. The number of imidazole rings is 1. The topological polar surface area (TPSA) is 30.7 Å². The van der Waals surface area contributed by atoms with Gasteiger partial charge in [0.25, 0.3) is 0 Å². The van der Waals surface area contributed by atoms with Gasteiger partial charge in [0, 0.05) is 54.6 Å². The van der Waals surface area contributed by atoms with Crippen LogP contribution in [0.3, 0.4) is 0 Å². The lowest BCUT2D eigenvalue weighted by atomic mass is 9.99. The van der Waals surface area contributed by atoms with Crippen molar-refractivity contribution < 1.29 is 0 Å². The number of rotatable bonds is 3. The van der Waals surface area contributed by atoms with E-state index in [9.17, 15) is 0 Å². The van der Waals surface area contributed by atoms with Gasteiger partial charge in [-0.05, 0) is 52.2 Å². The van der Waals surface area contributed by atoms with Crippen molar-refractivity contribution in [1.29, 1.82) is 0 Å². The summed E-state index contributed by atoms with van der Waals surface area (Å²) in [6, 6.07) is 45.6. The second kappa shape index (κ2) is 9.10. The highest BCUT2D eigenvalue weighted by Gasteiger charge is 2.20. The summed E-state index contributed by atoms with van der Waals surface area (Å²) in [6.07, 6.45) is 3.67. The van der Waals surface area contributed by atoms with E-state index in [0.717, 1.165) is 33.5 Å². The van der Waals surface area contributed by atoms with E-state index in [4.69, 9.17) is 4.98 Å². The van der Waals surface area contributed by atoms with Crippen molar-refractivity contribution in [2.45, 2.75) is 0 Å². The van der Waals surface area contributed by atoms with Crippen LogP contribution in [0.1, 0.15) is 0 Å². The molecule has 0 aliphatic rings. The van der Waals surface area contributed by atoms with E-state index in [0.29, 0.717) is 0 Å². The van der Waals surface area contributed by atoms with E-state index in [-0.39, 0.29) is 0 Å². The molecule has 0 aliphatic carbocycles. The zero-order valence-electron chi connectivity index (χ0n) is 22.5. The summed E-state index contributed by atoms with van der Waals surface area (Å²) >= 11 is 1.87. The van der Waals surface area contributed by atoms with Gasteiger partial charge in [0.05, 0.1) is 11.0 Å². The van der Waals surface area contributed by atoms with Gasteiger partial charge in [-0.2, -0.15) is 0 Å². The Hall–Kier alpha value is -5.32. The van der Waals surface area contributed by atoms with Crippen LogP contribution in [-0.2, 0) is 0 Å². The Morgan fingerprint density at radius 1 is 0.500 bits per heavy atom. The zero-order valence-corrected chi connectivity index (χ0v) is 23.3. The molecule has 6 aromatic carbocycles. The third-order valence-electron chi connectivity index (χ3n) is 8.31. The first-order valence-corrected chi connectivity index (χ1v) is 14.9. The second-order valence-corrected chi connectivity index (χ2v) is 11.7. The molecule has 0 spiro atoms. The summed E-state index contributed by atoms with van der Waals surface area (Å²) in [5.41, 5.74) is 6.72. The number of thiophene rings is 1. The van der Waals surface area contributed by atoms with Crippen molar-refractivity contribution in [3.8, 4) is 28.2 Å². The average molecular weight is 554 g/mol. The Balaban J connectivity index is 1.31. The van der Waals surface area contributed by atoms with Crippen molar-refractivity contribution in [3.63, 3.8) is 0 Å². The summed E-state index contributed by atoms with van der Waals surface area (Å²) in [6.45, 7) is 0. The smallest absolute Gasteiger partial charge is 0.145 e. The quantitative estimate of drug-likeness (QED) is 0.204. The molecule has 0 amide bonds. The van der Waals surface area contributed by atoms with Crippen LogP contribution in [0, 0.1) is 0 Å². The second-order valence-electron chi connectivity index (χ2n) is 10.6. The fourth-order valence-corrected chi connectivity index (χ4v) is 7.65. The van der Waals surface area contributed by atoms with Crippen LogP contribution in [0.4, 0.5) is 0 Å². The van der Waals surface area contributed by atoms with Crippen molar-refractivity contribution >= 4 is 64.1 Å². The molecule has 9 rings (SSSR count). The highest BCUT2D eigenvalue weighted by molar-refractivity contribution is 7.26. The standard InChI is InChI=1S/C38H23N3S/c1-3-11-31-28(8-1)29-9-2-4-12-32(29)36-35(31)40-38(25-20-22-39-23-21-25)41(36)26-18-16-24(17-19-26)27-13-7-14-33-30-10-5-6-15-34(30)42-37(27)33/h1-23H. The molecule has 0 atom stereocenters. The van der Waals surface area contributed by atoms with Crippen LogP contribution in [0.15, 0.2) is 140 Å².